The molecule has 0 aromatic carbocycles. The largest absolute Gasteiger partial charge is 0.462 e. The van der Waals surface area contributed by atoms with Crippen LogP contribution in [-0.2, 0) is 4.74 Å². The van der Waals surface area contributed by atoms with E-state index in [1.165, 1.54) is 17.7 Å². The lowest BCUT2D eigenvalue weighted by atomic mass is 9.98. The molecule has 3 heterocycles. The highest BCUT2D eigenvalue weighted by Crippen LogP contribution is 2.27. The van der Waals surface area contributed by atoms with Gasteiger partial charge < -0.3 is 9.64 Å². The molecule has 1 saturated heterocycles. The molecule has 9 heteroatoms. The average Bonchev–Trinajstić information content (AvgIpc) is 3.27. The fraction of sp³-hybridized carbons (Fsp3) is 0.467. The maximum atomic E-state index is 12.5. The highest BCUT2D eigenvalue weighted by Gasteiger charge is 2.27. The zero-order chi connectivity index (χ0) is 16.9. The molecule has 2 aromatic heterocycles. The highest BCUT2D eigenvalue weighted by atomic mass is 32.1. The van der Waals surface area contributed by atoms with Crippen molar-refractivity contribution in [3.05, 3.63) is 29.2 Å². The summed E-state index contributed by atoms with van der Waals surface area (Å²) in [7, 11) is 0. The van der Waals surface area contributed by atoms with Gasteiger partial charge in [0.15, 0.2) is 0 Å². The molecule has 0 unspecified atom stereocenters. The second kappa shape index (κ2) is 7.43. The molecule has 128 valence electrons. The number of amides is 2. The molecule has 2 N–H and O–H groups in total. The second-order valence-corrected chi connectivity index (χ2v) is 6.39. The number of anilines is 1. The van der Waals surface area contributed by atoms with Crippen molar-refractivity contribution in [2.24, 2.45) is 0 Å². The molecule has 3 rings (SSSR count). The first-order valence-corrected chi connectivity index (χ1v) is 8.72. The molecule has 1 aliphatic rings. The van der Waals surface area contributed by atoms with Gasteiger partial charge in [0.2, 0.25) is 0 Å². The second-order valence-electron chi connectivity index (χ2n) is 5.47. The van der Waals surface area contributed by atoms with Crippen LogP contribution in [0.3, 0.4) is 0 Å². The van der Waals surface area contributed by atoms with E-state index in [2.05, 4.69) is 20.5 Å². The van der Waals surface area contributed by atoms with Gasteiger partial charge in [-0.15, -0.1) is 11.3 Å². The third kappa shape index (κ3) is 3.56. The van der Waals surface area contributed by atoms with E-state index in [1.54, 1.807) is 23.3 Å². The van der Waals surface area contributed by atoms with Crippen LogP contribution in [0, 0.1) is 0 Å². The van der Waals surface area contributed by atoms with Crippen LogP contribution in [0.4, 0.5) is 9.80 Å². The van der Waals surface area contributed by atoms with Crippen molar-refractivity contribution >= 4 is 28.3 Å². The molecule has 1 atom stereocenters. The summed E-state index contributed by atoms with van der Waals surface area (Å²) in [4.78, 5) is 30.4. The number of hydrogen-bond donors (Lipinski definition) is 2. The summed E-state index contributed by atoms with van der Waals surface area (Å²) in [6.45, 7) is 3.30. The summed E-state index contributed by atoms with van der Waals surface area (Å²) < 4.78 is 5.00. The van der Waals surface area contributed by atoms with Crippen LogP contribution in [0.1, 0.15) is 41.9 Å². The number of esters is 1. The number of ether oxygens (including phenoxy) is 1. The maximum Gasteiger partial charge on any atom is 0.341 e. The number of H-pyrrole nitrogens is 1. The molecule has 0 spiro atoms. The number of urea groups is 1. The number of aromatic amines is 1. The fourth-order valence-corrected chi connectivity index (χ4v) is 3.51. The number of carbonyl (C=O) groups excluding carboxylic acids is 2. The smallest absolute Gasteiger partial charge is 0.341 e. The number of nitrogens with zero attached hydrogens (tertiary/aromatic N) is 3. The van der Waals surface area contributed by atoms with Gasteiger partial charge in [-0.05, 0) is 31.2 Å². The molecule has 0 radical (unpaired) electrons. The predicted octanol–water partition coefficient (Wildman–Crippen LogP) is 2.45. The molecular formula is C15H19N5O3S. The van der Waals surface area contributed by atoms with Crippen molar-refractivity contribution in [1.29, 1.82) is 0 Å². The Morgan fingerprint density at radius 2 is 2.42 bits per heavy atom. The maximum absolute atomic E-state index is 12.5. The Bertz CT molecular complexity index is 700. The lowest BCUT2D eigenvalue weighted by Crippen LogP contribution is -2.41. The standard InChI is InChI=1S/C15H19N5O3S/c1-2-23-14(21)11-5-7-24-13(11)18-15(22)20-6-3-4-10(8-20)12-16-9-17-19-12/h5,7,9-10H,2-4,6,8H2,1H3,(H,18,22)(H,16,17,19)/t10-/m1/s1. The Morgan fingerprint density at radius 1 is 1.54 bits per heavy atom. The summed E-state index contributed by atoms with van der Waals surface area (Å²) >= 11 is 1.31. The van der Waals surface area contributed by atoms with E-state index in [4.69, 9.17) is 4.74 Å². The molecule has 8 nitrogen and oxygen atoms in total. The van der Waals surface area contributed by atoms with Crippen molar-refractivity contribution in [2.45, 2.75) is 25.7 Å². The fourth-order valence-electron chi connectivity index (χ4n) is 2.75. The number of aromatic nitrogens is 3. The Morgan fingerprint density at radius 3 is 3.17 bits per heavy atom. The molecular weight excluding hydrogens is 330 g/mol. The first-order valence-electron chi connectivity index (χ1n) is 7.84. The normalized spacial score (nSPS) is 17.5. The number of nitrogens with one attached hydrogen (secondary N) is 2. The molecule has 2 aromatic rings. The van der Waals surface area contributed by atoms with E-state index < -0.39 is 5.97 Å². The number of hydrogen-bond acceptors (Lipinski definition) is 6. The topological polar surface area (TPSA) is 100 Å². The minimum absolute atomic E-state index is 0.153. The zero-order valence-corrected chi connectivity index (χ0v) is 14.1. The van der Waals surface area contributed by atoms with Crippen LogP contribution in [0.2, 0.25) is 0 Å². The Hall–Kier alpha value is -2.42. The van der Waals surface area contributed by atoms with Crippen LogP contribution in [0.25, 0.3) is 0 Å². The van der Waals surface area contributed by atoms with Crippen LogP contribution in [-0.4, -0.2) is 51.8 Å². The van der Waals surface area contributed by atoms with Gasteiger partial charge in [-0.1, -0.05) is 0 Å². The van der Waals surface area contributed by atoms with Gasteiger partial charge >= 0.3 is 12.0 Å². The van der Waals surface area contributed by atoms with E-state index in [-0.39, 0.29) is 11.9 Å². The molecule has 1 aliphatic heterocycles. The number of thiophene rings is 1. The van der Waals surface area contributed by atoms with Crippen LogP contribution >= 0.6 is 11.3 Å². The van der Waals surface area contributed by atoms with Crippen molar-refractivity contribution in [3.8, 4) is 0 Å². The van der Waals surface area contributed by atoms with E-state index in [0.29, 0.717) is 30.3 Å². The van der Waals surface area contributed by atoms with Crippen LogP contribution < -0.4 is 5.32 Å². The lowest BCUT2D eigenvalue weighted by Gasteiger charge is -2.31. The SMILES string of the molecule is CCOC(=O)c1ccsc1NC(=O)N1CCC[C@@H](c2ncn[nH]2)C1. The third-order valence-electron chi connectivity index (χ3n) is 3.91. The third-order valence-corrected chi connectivity index (χ3v) is 4.74. The van der Waals surface area contributed by atoms with Gasteiger partial charge in [-0.25, -0.2) is 14.6 Å². The van der Waals surface area contributed by atoms with Crippen molar-refractivity contribution in [3.63, 3.8) is 0 Å². The van der Waals surface area contributed by atoms with E-state index >= 15 is 0 Å². The van der Waals surface area contributed by atoms with Crippen LogP contribution in [0.5, 0.6) is 0 Å². The quantitative estimate of drug-likeness (QED) is 0.826. The molecule has 24 heavy (non-hydrogen) atoms. The van der Waals surface area contributed by atoms with Gasteiger partial charge in [-0.2, -0.15) is 5.10 Å². The Labute approximate surface area is 143 Å². The van der Waals surface area contributed by atoms with Crippen molar-refractivity contribution in [1.82, 2.24) is 20.1 Å². The molecule has 0 aliphatic carbocycles. The monoisotopic (exact) mass is 349 g/mol. The van der Waals surface area contributed by atoms with E-state index in [9.17, 15) is 9.59 Å². The Kier molecular flexibility index (Phi) is 5.09. The summed E-state index contributed by atoms with van der Waals surface area (Å²) in [6.07, 6.45) is 3.34. The van der Waals surface area contributed by atoms with Crippen molar-refractivity contribution < 1.29 is 14.3 Å². The average molecular weight is 349 g/mol. The summed E-state index contributed by atoms with van der Waals surface area (Å²) in [5.74, 6) is 0.530. The summed E-state index contributed by atoms with van der Waals surface area (Å²) in [6, 6.07) is 1.44. The Balaban J connectivity index is 1.65. The number of piperidine rings is 1. The van der Waals surface area contributed by atoms with E-state index in [0.717, 1.165) is 18.7 Å². The predicted molar refractivity (Wildman–Crippen MR) is 89.2 cm³/mol. The molecule has 1 fully saturated rings. The number of carbonyl (C=O) groups is 2. The van der Waals surface area contributed by atoms with Crippen molar-refractivity contribution in [2.75, 3.05) is 25.0 Å². The molecule has 2 amide bonds. The van der Waals surface area contributed by atoms with E-state index in [1.807, 2.05) is 0 Å². The number of rotatable bonds is 4. The summed E-state index contributed by atoms with van der Waals surface area (Å²) in [5.41, 5.74) is 0.388. The molecule has 0 bridgehead atoms. The minimum atomic E-state index is -0.424. The lowest BCUT2D eigenvalue weighted by molar-refractivity contribution is 0.0528. The number of likely N-dealkylation sites (tertiary alicyclic amines) is 1. The summed E-state index contributed by atoms with van der Waals surface area (Å²) in [5, 5.41) is 11.8. The van der Waals surface area contributed by atoms with Gasteiger partial charge in [-0.3, -0.25) is 10.4 Å². The first-order chi connectivity index (χ1) is 11.7. The minimum Gasteiger partial charge on any atom is -0.462 e. The van der Waals surface area contributed by atoms with Gasteiger partial charge in [0.1, 0.15) is 17.2 Å². The molecule has 0 saturated carbocycles. The van der Waals surface area contributed by atoms with Gasteiger partial charge in [0.05, 0.1) is 12.2 Å². The van der Waals surface area contributed by atoms with Gasteiger partial charge in [0.25, 0.3) is 0 Å². The zero-order valence-electron chi connectivity index (χ0n) is 13.3. The highest BCUT2D eigenvalue weighted by molar-refractivity contribution is 7.14. The van der Waals surface area contributed by atoms with Crippen LogP contribution in [0.15, 0.2) is 17.8 Å². The van der Waals surface area contributed by atoms with Gasteiger partial charge in [0, 0.05) is 19.0 Å². The first kappa shape index (κ1) is 16.4.